The Morgan fingerprint density at radius 1 is 0.815 bits per heavy atom. The summed E-state index contributed by atoms with van der Waals surface area (Å²) in [7, 11) is 0. The Bertz CT molecular complexity index is 516. The van der Waals surface area contributed by atoms with Crippen LogP contribution in [-0.4, -0.2) is 17.0 Å². The number of rotatable bonds is 16. The highest BCUT2D eigenvalue weighted by Crippen LogP contribution is 2.15. The van der Waals surface area contributed by atoms with Gasteiger partial charge in [0.05, 0.1) is 0 Å². The fourth-order valence-electron chi connectivity index (χ4n) is 3.29. The number of carbonyl (C=O) groups is 2. The number of unbranched alkanes of at least 4 members (excludes halogenated alkanes) is 11. The van der Waals surface area contributed by atoms with E-state index >= 15 is 0 Å². The van der Waals surface area contributed by atoms with Crippen LogP contribution in [0.1, 0.15) is 102 Å². The first kappa shape index (κ1) is 23.2. The van der Waals surface area contributed by atoms with Crippen LogP contribution < -0.4 is 5.32 Å². The minimum Gasteiger partial charge on any atom is -0.479 e. The van der Waals surface area contributed by atoms with Crippen LogP contribution in [0.25, 0.3) is 0 Å². The van der Waals surface area contributed by atoms with Gasteiger partial charge in [-0.05, 0) is 12.0 Å². The van der Waals surface area contributed by atoms with Crippen LogP contribution >= 0.6 is 0 Å². The summed E-state index contributed by atoms with van der Waals surface area (Å²) >= 11 is 0. The Morgan fingerprint density at radius 3 is 1.78 bits per heavy atom. The SMILES string of the molecule is CCCCCCCCCCCCCCC(=O)N[C@H](C(=O)O)c1ccccc1. The summed E-state index contributed by atoms with van der Waals surface area (Å²) in [6.45, 7) is 2.25. The molecule has 2 N–H and O–H groups in total. The molecular weight excluding hydrogens is 338 g/mol. The highest BCUT2D eigenvalue weighted by atomic mass is 16.4. The van der Waals surface area contributed by atoms with E-state index in [-0.39, 0.29) is 5.91 Å². The van der Waals surface area contributed by atoms with Crippen LogP contribution in [0.15, 0.2) is 30.3 Å². The molecule has 1 aromatic rings. The Kier molecular flexibility index (Phi) is 13.1. The topological polar surface area (TPSA) is 66.4 Å². The average molecular weight is 376 g/mol. The Labute approximate surface area is 164 Å². The predicted molar refractivity (Wildman–Crippen MR) is 111 cm³/mol. The third-order valence-electron chi connectivity index (χ3n) is 4.94. The van der Waals surface area contributed by atoms with Gasteiger partial charge in [-0.2, -0.15) is 0 Å². The lowest BCUT2D eigenvalue weighted by Gasteiger charge is -2.14. The van der Waals surface area contributed by atoms with Gasteiger partial charge in [0.1, 0.15) is 0 Å². The van der Waals surface area contributed by atoms with E-state index < -0.39 is 12.0 Å². The smallest absolute Gasteiger partial charge is 0.330 e. The summed E-state index contributed by atoms with van der Waals surface area (Å²) < 4.78 is 0. The van der Waals surface area contributed by atoms with Crippen molar-refractivity contribution in [3.8, 4) is 0 Å². The molecule has 0 aliphatic rings. The zero-order chi connectivity index (χ0) is 19.7. The molecule has 0 fully saturated rings. The number of nitrogens with one attached hydrogen (secondary N) is 1. The molecule has 152 valence electrons. The van der Waals surface area contributed by atoms with Crippen molar-refractivity contribution in [1.82, 2.24) is 5.32 Å². The molecule has 0 bridgehead atoms. The first-order valence-electron chi connectivity index (χ1n) is 10.7. The predicted octanol–water partition coefficient (Wildman–Crippen LogP) is 6.02. The molecular formula is C23H37NO3. The molecule has 0 saturated carbocycles. The largest absolute Gasteiger partial charge is 0.479 e. The molecule has 4 heteroatoms. The van der Waals surface area contributed by atoms with Crippen LogP contribution in [0, 0.1) is 0 Å². The second kappa shape index (κ2) is 15.2. The number of benzene rings is 1. The van der Waals surface area contributed by atoms with Crippen LogP contribution in [0.2, 0.25) is 0 Å². The van der Waals surface area contributed by atoms with Crippen LogP contribution in [-0.2, 0) is 9.59 Å². The minimum atomic E-state index is -1.02. The molecule has 0 aromatic heterocycles. The Morgan fingerprint density at radius 2 is 1.30 bits per heavy atom. The van der Waals surface area contributed by atoms with Crippen molar-refractivity contribution in [2.24, 2.45) is 0 Å². The lowest BCUT2D eigenvalue weighted by molar-refractivity contribution is -0.142. The van der Waals surface area contributed by atoms with Gasteiger partial charge in [0.25, 0.3) is 0 Å². The summed E-state index contributed by atoms with van der Waals surface area (Å²) in [4.78, 5) is 23.4. The lowest BCUT2D eigenvalue weighted by atomic mass is 10.0. The summed E-state index contributed by atoms with van der Waals surface area (Å²) in [5.74, 6) is -1.21. The molecule has 4 nitrogen and oxygen atoms in total. The second-order valence-corrected chi connectivity index (χ2v) is 7.39. The molecule has 1 rings (SSSR count). The summed E-state index contributed by atoms with van der Waals surface area (Å²) in [6.07, 6.45) is 15.4. The van der Waals surface area contributed by atoms with Gasteiger partial charge in [0.15, 0.2) is 6.04 Å². The Balaban J connectivity index is 2.04. The van der Waals surface area contributed by atoms with Gasteiger partial charge < -0.3 is 10.4 Å². The van der Waals surface area contributed by atoms with Crippen LogP contribution in [0.3, 0.4) is 0 Å². The standard InChI is InChI=1S/C23H37NO3/c1-2-3-4-5-6-7-8-9-10-11-12-16-19-21(25)24-22(23(26)27)20-17-14-13-15-18-20/h13-15,17-18,22H,2-12,16,19H2,1H3,(H,24,25)(H,26,27)/t22-/m0/s1. The second-order valence-electron chi connectivity index (χ2n) is 7.39. The first-order valence-corrected chi connectivity index (χ1v) is 10.7. The maximum atomic E-state index is 12.0. The number of carboxylic acids is 1. The van der Waals surface area contributed by atoms with Crippen molar-refractivity contribution in [3.63, 3.8) is 0 Å². The maximum Gasteiger partial charge on any atom is 0.330 e. The molecule has 0 saturated heterocycles. The molecule has 0 unspecified atom stereocenters. The highest BCUT2D eigenvalue weighted by Gasteiger charge is 2.21. The zero-order valence-corrected chi connectivity index (χ0v) is 16.9. The van der Waals surface area contributed by atoms with E-state index in [2.05, 4.69) is 12.2 Å². The van der Waals surface area contributed by atoms with Crippen molar-refractivity contribution >= 4 is 11.9 Å². The van der Waals surface area contributed by atoms with Crippen molar-refractivity contribution in [2.75, 3.05) is 0 Å². The third kappa shape index (κ3) is 11.5. The van der Waals surface area contributed by atoms with Crippen molar-refractivity contribution < 1.29 is 14.7 Å². The molecule has 0 aliphatic heterocycles. The van der Waals surface area contributed by atoms with E-state index in [1.54, 1.807) is 24.3 Å². The van der Waals surface area contributed by atoms with Crippen molar-refractivity contribution in [2.45, 2.75) is 96.4 Å². The number of aliphatic carboxylic acids is 1. The van der Waals surface area contributed by atoms with E-state index in [4.69, 9.17) is 0 Å². The van der Waals surface area contributed by atoms with Gasteiger partial charge in [0, 0.05) is 6.42 Å². The van der Waals surface area contributed by atoms with Gasteiger partial charge in [-0.25, -0.2) is 4.79 Å². The van der Waals surface area contributed by atoms with Crippen molar-refractivity contribution in [3.05, 3.63) is 35.9 Å². The third-order valence-corrected chi connectivity index (χ3v) is 4.94. The van der Waals surface area contributed by atoms with Crippen LogP contribution in [0.4, 0.5) is 0 Å². The fraction of sp³-hybridized carbons (Fsp3) is 0.652. The summed E-state index contributed by atoms with van der Waals surface area (Å²) in [5, 5.41) is 12.0. The molecule has 0 spiro atoms. The number of hydrogen-bond donors (Lipinski definition) is 2. The summed E-state index contributed by atoms with van der Waals surface area (Å²) in [6, 6.07) is 7.88. The molecule has 1 atom stereocenters. The minimum absolute atomic E-state index is 0.182. The number of hydrogen-bond acceptors (Lipinski definition) is 2. The molecule has 1 amide bonds. The normalized spacial score (nSPS) is 11.9. The molecule has 0 aliphatic carbocycles. The quantitative estimate of drug-likeness (QED) is 0.347. The van der Waals surface area contributed by atoms with Crippen molar-refractivity contribution in [1.29, 1.82) is 0 Å². The fourth-order valence-corrected chi connectivity index (χ4v) is 3.29. The molecule has 0 radical (unpaired) electrons. The molecule has 1 aromatic carbocycles. The van der Waals surface area contributed by atoms with Gasteiger partial charge >= 0.3 is 5.97 Å². The monoisotopic (exact) mass is 375 g/mol. The van der Waals surface area contributed by atoms with Gasteiger partial charge in [-0.15, -0.1) is 0 Å². The van der Waals surface area contributed by atoms with Gasteiger partial charge in [-0.3, -0.25) is 4.79 Å². The number of carbonyl (C=O) groups excluding carboxylic acids is 1. The van der Waals surface area contributed by atoms with Gasteiger partial charge in [0.2, 0.25) is 5.91 Å². The number of amides is 1. The van der Waals surface area contributed by atoms with Crippen LogP contribution in [0.5, 0.6) is 0 Å². The van der Waals surface area contributed by atoms with E-state index in [0.717, 1.165) is 19.3 Å². The van der Waals surface area contributed by atoms with E-state index in [9.17, 15) is 14.7 Å². The van der Waals surface area contributed by atoms with E-state index in [0.29, 0.717) is 12.0 Å². The van der Waals surface area contributed by atoms with E-state index in [1.165, 1.54) is 57.8 Å². The average Bonchev–Trinajstić information content (AvgIpc) is 2.67. The summed E-state index contributed by atoms with van der Waals surface area (Å²) in [5.41, 5.74) is 0.605. The zero-order valence-electron chi connectivity index (χ0n) is 16.9. The first-order chi connectivity index (χ1) is 13.1. The lowest BCUT2D eigenvalue weighted by Crippen LogP contribution is -2.33. The highest BCUT2D eigenvalue weighted by molar-refractivity contribution is 5.84. The van der Waals surface area contributed by atoms with E-state index in [1.807, 2.05) is 6.07 Å². The molecule has 0 heterocycles. The van der Waals surface area contributed by atoms with Gasteiger partial charge in [-0.1, -0.05) is 108 Å². The molecule has 27 heavy (non-hydrogen) atoms. The Hall–Kier alpha value is -1.84. The number of carboxylic acid groups (broad SMARTS) is 1. The maximum absolute atomic E-state index is 12.0.